The molecule has 2 aliphatic carbocycles. The maximum atomic E-state index is 13.9. The van der Waals surface area contributed by atoms with E-state index in [-0.39, 0.29) is 11.6 Å². The topological polar surface area (TPSA) is 28.2 Å². The first-order chi connectivity index (χ1) is 9.58. The quantitative estimate of drug-likeness (QED) is 0.918. The standard InChI is InChI=1S/C15H21F2N3/c1-18-14-12(16)7-13(17)15(19-14)20(2)8-11-6-9-3-4-10(11)5-9/h7,9-11H,3-6,8H2,1-2H3,(H,18,19). The fraction of sp³-hybridized carbons (Fsp3) is 0.667. The lowest BCUT2D eigenvalue weighted by molar-refractivity contribution is 0.336. The maximum Gasteiger partial charge on any atom is 0.168 e. The molecule has 0 radical (unpaired) electrons. The van der Waals surface area contributed by atoms with Gasteiger partial charge in [-0.1, -0.05) is 6.42 Å². The molecule has 1 heterocycles. The van der Waals surface area contributed by atoms with Crippen molar-refractivity contribution in [1.82, 2.24) is 4.98 Å². The van der Waals surface area contributed by atoms with Crippen LogP contribution in [0.3, 0.4) is 0 Å². The van der Waals surface area contributed by atoms with E-state index in [4.69, 9.17) is 0 Å². The number of hydrogen-bond acceptors (Lipinski definition) is 3. The second kappa shape index (κ2) is 5.19. The smallest absolute Gasteiger partial charge is 0.168 e. The van der Waals surface area contributed by atoms with Crippen LogP contribution in [0.25, 0.3) is 0 Å². The van der Waals surface area contributed by atoms with Gasteiger partial charge in [0.05, 0.1) is 0 Å². The van der Waals surface area contributed by atoms with Crippen LogP contribution in [0.15, 0.2) is 6.07 Å². The third-order valence-corrected chi connectivity index (χ3v) is 4.90. The van der Waals surface area contributed by atoms with Gasteiger partial charge in [-0.05, 0) is 37.0 Å². The van der Waals surface area contributed by atoms with E-state index >= 15 is 0 Å². The van der Waals surface area contributed by atoms with E-state index in [0.29, 0.717) is 5.92 Å². The zero-order chi connectivity index (χ0) is 14.3. The summed E-state index contributed by atoms with van der Waals surface area (Å²) in [4.78, 5) is 5.89. The van der Waals surface area contributed by atoms with Crippen LogP contribution < -0.4 is 10.2 Å². The van der Waals surface area contributed by atoms with Crippen LogP contribution in [0.2, 0.25) is 0 Å². The number of halogens is 2. The van der Waals surface area contributed by atoms with Crippen molar-refractivity contribution in [2.24, 2.45) is 17.8 Å². The highest BCUT2D eigenvalue weighted by Gasteiger charge is 2.39. The molecule has 0 aliphatic heterocycles. The lowest BCUT2D eigenvalue weighted by atomic mass is 9.88. The van der Waals surface area contributed by atoms with E-state index in [1.807, 2.05) is 11.9 Å². The SMILES string of the molecule is CNc1nc(N(C)CC2CC3CCC2C3)c(F)cc1F. The number of hydrogen-bond donors (Lipinski definition) is 1. The lowest BCUT2D eigenvalue weighted by Crippen LogP contribution is -2.30. The first kappa shape index (κ1) is 13.6. The van der Waals surface area contributed by atoms with Gasteiger partial charge in [0.15, 0.2) is 23.3 Å². The minimum Gasteiger partial charge on any atom is -0.371 e. The second-order valence-electron chi connectivity index (χ2n) is 6.19. The molecule has 1 aromatic heterocycles. The van der Waals surface area contributed by atoms with Crippen LogP contribution in [-0.2, 0) is 0 Å². The molecule has 2 fully saturated rings. The van der Waals surface area contributed by atoms with Crippen molar-refractivity contribution in [3.05, 3.63) is 17.7 Å². The van der Waals surface area contributed by atoms with Gasteiger partial charge in [0, 0.05) is 26.7 Å². The predicted octanol–water partition coefficient (Wildman–Crippen LogP) is 3.27. The molecule has 3 atom stereocenters. The largest absolute Gasteiger partial charge is 0.371 e. The highest BCUT2D eigenvalue weighted by molar-refractivity contribution is 5.48. The van der Waals surface area contributed by atoms with Crippen molar-refractivity contribution in [3.63, 3.8) is 0 Å². The molecule has 2 aliphatic rings. The van der Waals surface area contributed by atoms with Crippen LogP contribution in [0.1, 0.15) is 25.7 Å². The average Bonchev–Trinajstić information content (AvgIpc) is 3.01. The summed E-state index contributed by atoms with van der Waals surface area (Å²) in [5.74, 6) is 1.38. The number of anilines is 2. The van der Waals surface area contributed by atoms with E-state index in [2.05, 4.69) is 10.3 Å². The molecule has 20 heavy (non-hydrogen) atoms. The summed E-state index contributed by atoms with van der Waals surface area (Å²) < 4.78 is 27.3. The average molecular weight is 281 g/mol. The molecule has 3 unspecified atom stereocenters. The van der Waals surface area contributed by atoms with Gasteiger partial charge in [-0.3, -0.25) is 0 Å². The molecular formula is C15H21F2N3. The van der Waals surface area contributed by atoms with Gasteiger partial charge in [-0.2, -0.15) is 0 Å². The molecule has 0 spiro atoms. The molecule has 2 bridgehead atoms. The maximum absolute atomic E-state index is 13.9. The normalized spacial score (nSPS) is 27.9. The van der Waals surface area contributed by atoms with Crippen LogP contribution in [-0.4, -0.2) is 25.6 Å². The summed E-state index contributed by atoms with van der Waals surface area (Å²) in [6.45, 7) is 0.805. The van der Waals surface area contributed by atoms with Gasteiger partial charge in [0.25, 0.3) is 0 Å². The number of aromatic nitrogens is 1. The summed E-state index contributed by atoms with van der Waals surface area (Å²) in [5, 5.41) is 2.66. The summed E-state index contributed by atoms with van der Waals surface area (Å²) in [5.41, 5.74) is 0. The van der Waals surface area contributed by atoms with Crippen molar-refractivity contribution >= 4 is 11.6 Å². The molecular weight excluding hydrogens is 260 g/mol. The van der Waals surface area contributed by atoms with Crippen molar-refractivity contribution in [2.45, 2.75) is 25.7 Å². The zero-order valence-electron chi connectivity index (χ0n) is 12.0. The Kier molecular flexibility index (Phi) is 3.52. The lowest BCUT2D eigenvalue weighted by Gasteiger charge is -2.28. The van der Waals surface area contributed by atoms with Crippen LogP contribution in [0, 0.1) is 29.4 Å². The molecule has 0 saturated heterocycles. The Balaban J connectivity index is 1.75. The van der Waals surface area contributed by atoms with Gasteiger partial charge in [0.1, 0.15) is 0 Å². The molecule has 3 rings (SSSR count). The Morgan fingerprint density at radius 2 is 2.10 bits per heavy atom. The van der Waals surface area contributed by atoms with Crippen LogP contribution in [0.5, 0.6) is 0 Å². The van der Waals surface area contributed by atoms with Crippen molar-refractivity contribution in [1.29, 1.82) is 0 Å². The fourth-order valence-electron chi connectivity index (χ4n) is 3.94. The minimum absolute atomic E-state index is 0.0983. The van der Waals surface area contributed by atoms with Crippen molar-refractivity contribution in [2.75, 3.05) is 30.9 Å². The van der Waals surface area contributed by atoms with E-state index in [1.54, 1.807) is 7.05 Å². The first-order valence-corrected chi connectivity index (χ1v) is 7.33. The first-order valence-electron chi connectivity index (χ1n) is 7.33. The molecule has 0 amide bonds. The van der Waals surface area contributed by atoms with E-state index in [0.717, 1.165) is 24.4 Å². The third-order valence-electron chi connectivity index (χ3n) is 4.90. The summed E-state index contributed by atoms with van der Waals surface area (Å²) in [6, 6.07) is 0.908. The molecule has 0 aromatic carbocycles. The van der Waals surface area contributed by atoms with Gasteiger partial charge in [-0.25, -0.2) is 13.8 Å². The monoisotopic (exact) mass is 281 g/mol. The summed E-state index contributed by atoms with van der Waals surface area (Å²) in [7, 11) is 3.43. The Bertz CT molecular complexity index is 506. The second-order valence-corrected chi connectivity index (χ2v) is 6.19. The summed E-state index contributed by atoms with van der Waals surface area (Å²) in [6.07, 6.45) is 5.25. The highest BCUT2D eigenvalue weighted by Crippen LogP contribution is 2.48. The number of rotatable bonds is 4. The molecule has 1 aromatic rings. The van der Waals surface area contributed by atoms with E-state index in [9.17, 15) is 8.78 Å². The Hall–Kier alpha value is -1.39. The predicted molar refractivity (Wildman–Crippen MR) is 75.9 cm³/mol. The van der Waals surface area contributed by atoms with Gasteiger partial charge in [0.2, 0.25) is 0 Å². The minimum atomic E-state index is -0.651. The number of fused-ring (bicyclic) bond motifs is 2. The summed E-state index contributed by atoms with van der Waals surface area (Å²) >= 11 is 0. The van der Waals surface area contributed by atoms with E-state index in [1.165, 1.54) is 25.7 Å². The molecule has 5 heteroatoms. The molecule has 110 valence electrons. The molecule has 3 nitrogen and oxygen atoms in total. The van der Waals surface area contributed by atoms with Crippen molar-refractivity contribution < 1.29 is 8.78 Å². The fourth-order valence-corrected chi connectivity index (χ4v) is 3.94. The van der Waals surface area contributed by atoms with Gasteiger partial charge < -0.3 is 10.2 Å². The number of nitrogens with zero attached hydrogens (tertiary/aromatic N) is 2. The van der Waals surface area contributed by atoms with Crippen LogP contribution >= 0.6 is 0 Å². The Labute approximate surface area is 118 Å². The molecule has 2 saturated carbocycles. The zero-order valence-corrected chi connectivity index (χ0v) is 12.0. The van der Waals surface area contributed by atoms with Gasteiger partial charge in [-0.15, -0.1) is 0 Å². The van der Waals surface area contributed by atoms with Crippen LogP contribution in [0.4, 0.5) is 20.4 Å². The van der Waals surface area contributed by atoms with Crippen molar-refractivity contribution in [3.8, 4) is 0 Å². The molecule has 1 N–H and O–H groups in total. The Morgan fingerprint density at radius 1 is 1.30 bits per heavy atom. The van der Waals surface area contributed by atoms with Gasteiger partial charge >= 0.3 is 0 Å². The number of nitrogens with one attached hydrogen (secondary N) is 1. The third kappa shape index (κ3) is 2.34. The highest BCUT2D eigenvalue weighted by atomic mass is 19.1. The van der Waals surface area contributed by atoms with E-state index < -0.39 is 11.6 Å². The number of pyridine rings is 1. The Morgan fingerprint density at radius 3 is 2.70 bits per heavy atom.